The van der Waals surface area contributed by atoms with Gasteiger partial charge in [-0.3, -0.25) is 13.9 Å². The fourth-order valence-electron chi connectivity index (χ4n) is 1.91. The second-order valence-electron chi connectivity index (χ2n) is 4.35. The molecule has 2 rings (SSSR count). The molecule has 0 unspecified atom stereocenters. The lowest BCUT2D eigenvalue weighted by Gasteiger charge is -2.08. The second-order valence-corrected chi connectivity index (χ2v) is 4.35. The number of fused-ring (bicyclic) bond motifs is 1. The van der Waals surface area contributed by atoms with Gasteiger partial charge in [0.1, 0.15) is 7.15 Å². The maximum absolute atomic E-state index is 12.7. The van der Waals surface area contributed by atoms with Crippen LogP contribution in [0.5, 0.6) is 0 Å². The average Bonchev–Trinajstić information content (AvgIpc) is 2.86. The summed E-state index contributed by atoms with van der Waals surface area (Å²) in [5.41, 5.74) is -2.29. The summed E-state index contributed by atoms with van der Waals surface area (Å²) >= 11 is 0. The minimum atomic E-state index is -2.83. The Morgan fingerprint density at radius 1 is 1.50 bits per heavy atom. The molecule has 7 heteroatoms. The third kappa shape index (κ3) is 2.43. The summed E-state index contributed by atoms with van der Waals surface area (Å²) in [5.74, 6) is -0.660. The van der Waals surface area contributed by atoms with Crippen molar-refractivity contribution in [3.63, 3.8) is 0 Å². The molecule has 0 aliphatic rings. The maximum atomic E-state index is 12.7. The average molecular weight is 284 g/mol. The van der Waals surface area contributed by atoms with Gasteiger partial charge in [0.05, 0.1) is 6.30 Å². The third-order valence-corrected chi connectivity index (χ3v) is 2.91. The van der Waals surface area contributed by atoms with Gasteiger partial charge in [0.25, 0.3) is 5.56 Å². The molecule has 0 bridgehead atoms. The molecule has 0 amide bonds. The molecule has 0 saturated heterocycles. The van der Waals surface area contributed by atoms with Gasteiger partial charge in [-0.2, -0.15) is 0 Å². The minimum Gasteiger partial charge on any atom is -0.328 e. The number of ketones is 1. The number of Topliss-reactive ketones (excluding diaryl/α,β-unsaturated/α-hetero) is 1. The van der Waals surface area contributed by atoms with Gasteiger partial charge in [0.2, 0.25) is 0 Å². The lowest BCUT2D eigenvalue weighted by atomic mass is 10.2. The van der Waals surface area contributed by atoms with Crippen molar-refractivity contribution in [2.45, 2.75) is 32.7 Å². The van der Waals surface area contributed by atoms with E-state index < -0.39 is 42.2 Å². The summed E-state index contributed by atoms with van der Waals surface area (Å²) < 4.78 is 47.5. The van der Waals surface area contributed by atoms with Crippen LogP contribution in [-0.4, -0.2) is 24.5 Å². The van der Waals surface area contributed by atoms with E-state index in [1.807, 2.05) is 0 Å². The molecule has 2 aromatic heterocycles. The normalized spacial score (nSPS) is 16.9. The third-order valence-electron chi connectivity index (χ3n) is 2.91. The van der Waals surface area contributed by atoms with Crippen molar-refractivity contribution in [2.24, 2.45) is 14.0 Å². The van der Waals surface area contributed by atoms with Crippen molar-refractivity contribution in [1.29, 1.82) is 0 Å². The van der Waals surface area contributed by atoms with Gasteiger partial charge in [0.15, 0.2) is 11.2 Å². The first kappa shape index (κ1) is 8.18. The van der Waals surface area contributed by atoms with E-state index in [9.17, 15) is 14.4 Å². The van der Waals surface area contributed by atoms with Crippen molar-refractivity contribution >= 4 is 16.9 Å². The Hall–Kier alpha value is -2.18. The monoisotopic (exact) mass is 284 g/mol. The molecule has 0 aliphatic carbocycles. The summed E-state index contributed by atoms with van der Waals surface area (Å²) in [4.78, 5) is 40.0. The van der Waals surface area contributed by atoms with Gasteiger partial charge in [-0.15, -0.1) is 0 Å². The molecule has 0 atom stereocenters. The van der Waals surface area contributed by atoms with Crippen LogP contribution >= 0.6 is 0 Å². The first-order valence-electron chi connectivity index (χ1n) is 8.99. The van der Waals surface area contributed by atoms with E-state index in [1.165, 1.54) is 7.05 Å². The molecule has 0 fully saturated rings. The quantitative estimate of drug-likeness (QED) is 0.785. The van der Waals surface area contributed by atoms with Crippen LogP contribution in [0.15, 0.2) is 15.9 Å². The van der Waals surface area contributed by atoms with Crippen molar-refractivity contribution < 1.29 is 13.0 Å². The molecule has 0 radical (unpaired) electrons. The standard InChI is InChI=1S/C13H18N4O3/c1-9(18)6-4-5-7-17-12(19)10-11(14-8-15(10)2)16(3)13(17)20/h8H,4-7H2,1-3H3/i2D3,6D2,8D. The zero-order valence-electron chi connectivity index (χ0n) is 17.1. The SMILES string of the molecule is [2H]c1nc2c(c(=O)n(CCCC([2H])([2H])C(C)=O)c(=O)n2C)n1C([2H])([2H])[2H]. The predicted molar refractivity (Wildman–Crippen MR) is 74.7 cm³/mol. The molecule has 0 spiro atoms. The van der Waals surface area contributed by atoms with Crippen molar-refractivity contribution in [2.75, 3.05) is 0 Å². The summed E-state index contributed by atoms with van der Waals surface area (Å²) in [7, 11) is 1.30. The molecule has 20 heavy (non-hydrogen) atoms. The Morgan fingerprint density at radius 2 is 2.25 bits per heavy atom. The van der Waals surface area contributed by atoms with Crippen LogP contribution in [0.3, 0.4) is 0 Å². The van der Waals surface area contributed by atoms with E-state index in [2.05, 4.69) is 4.98 Å². The number of hydrogen-bond donors (Lipinski definition) is 0. The molecule has 0 aliphatic heterocycles. The van der Waals surface area contributed by atoms with E-state index in [0.29, 0.717) is 4.57 Å². The number of hydrogen-bond acceptors (Lipinski definition) is 4. The lowest BCUT2D eigenvalue weighted by molar-refractivity contribution is -0.117. The lowest BCUT2D eigenvalue weighted by Crippen LogP contribution is -2.39. The summed E-state index contributed by atoms with van der Waals surface area (Å²) in [6.45, 7) is -1.91. The molecule has 0 aromatic carbocycles. The number of imidazole rings is 1. The molecule has 0 N–H and O–H groups in total. The van der Waals surface area contributed by atoms with E-state index in [4.69, 9.17) is 8.22 Å². The van der Waals surface area contributed by atoms with Gasteiger partial charge in [-0.05, 0) is 19.8 Å². The van der Waals surface area contributed by atoms with E-state index in [1.54, 1.807) is 0 Å². The summed E-state index contributed by atoms with van der Waals surface area (Å²) in [6.07, 6.45) is -2.92. The minimum absolute atomic E-state index is 0.0167. The van der Waals surface area contributed by atoms with Gasteiger partial charge in [-0.25, -0.2) is 9.78 Å². The van der Waals surface area contributed by atoms with Gasteiger partial charge in [0, 0.05) is 33.8 Å². The Morgan fingerprint density at radius 3 is 2.90 bits per heavy atom. The van der Waals surface area contributed by atoms with Crippen LogP contribution in [-0.2, 0) is 25.4 Å². The molecule has 108 valence electrons. The molecular formula is C13H18N4O3. The molecule has 7 nitrogen and oxygen atoms in total. The zero-order chi connectivity index (χ0) is 20.0. The van der Waals surface area contributed by atoms with E-state index in [-0.39, 0.29) is 25.0 Å². The van der Waals surface area contributed by atoms with Crippen LogP contribution in [0.25, 0.3) is 11.2 Å². The van der Waals surface area contributed by atoms with E-state index in [0.717, 1.165) is 16.1 Å². The molecule has 2 aromatic rings. The number of rotatable bonds is 5. The highest BCUT2D eigenvalue weighted by Crippen LogP contribution is 2.04. The number of carbonyl (C=O) groups excluding carboxylic acids is 1. The number of nitrogens with zero attached hydrogens (tertiary/aromatic N) is 4. The fourth-order valence-corrected chi connectivity index (χ4v) is 1.91. The molecular weight excluding hydrogens is 260 g/mol. The number of aryl methyl sites for hydroxylation is 2. The molecule has 2 heterocycles. The van der Waals surface area contributed by atoms with Crippen molar-refractivity contribution in [3.8, 4) is 0 Å². The molecule has 0 saturated carbocycles. The second kappa shape index (κ2) is 5.44. The topological polar surface area (TPSA) is 78.9 Å². The van der Waals surface area contributed by atoms with E-state index >= 15 is 0 Å². The fraction of sp³-hybridized carbons (Fsp3) is 0.538. The van der Waals surface area contributed by atoms with Crippen LogP contribution < -0.4 is 11.2 Å². The van der Waals surface area contributed by atoms with Crippen LogP contribution in [0.1, 0.15) is 34.4 Å². The Labute approximate surface area is 123 Å². The Bertz CT molecular complexity index is 985. The van der Waals surface area contributed by atoms with Crippen LogP contribution in [0.4, 0.5) is 0 Å². The van der Waals surface area contributed by atoms with Crippen LogP contribution in [0, 0.1) is 0 Å². The van der Waals surface area contributed by atoms with Crippen molar-refractivity contribution in [3.05, 3.63) is 27.1 Å². The first-order chi connectivity index (χ1) is 11.8. The van der Waals surface area contributed by atoms with Gasteiger partial charge in [-0.1, -0.05) is 0 Å². The van der Waals surface area contributed by atoms with Gasteiger partial charge < -0.3 is 9.36 Å². The number of carbonyl (C=O) groups is 1. The summed E-state index contributed by atoms with van der Waals surface area (Å²) in [6, 6.07) is 0. The Kier molecular flexibility index (Phi) is 2.23. The smallest absolute Gasteiger partial charge is 0.328 e. The Balaban J connectivity index is 2.57. The predicted octanol–water partition coefficient (Wildman–Crippen LogP) is 0.193. The largest absolute Gasteiger partial charge is 0.332 e. The van der Waals surface area contributed by atoms with Crippen molar-refractivity contribution in [1.82, 2.24) is 18.7 Å². The number of aromatic nitrogens is 4. The highest BCUT2D eigenvalue weighted by molar-refractivity contribution is 5.75. The zero-order valence-corrected chi connectivity index (χ0v) is 11.1. The first-order valence-corrected chi connectivity index (χ1v) is 5.99. The maximum Gasteiger partial charge on any atom is 0.332 e. The summed E-state index contributed by atoms with van der Waals surface area (Å²) in [5, 5.41) is 0. The van der Waals surface area contributed by atoms with Crippen LogP contribution in [0.2, 0.25) is 0 Å². The highest BCUT2D eigenvalue weighted by atomic mass is 16.2. The van der Waals surface area contributed by atoms with Gasteiger partial charge >= 0.3 is 5.69 Å². The highest BCUT2D eigenvalue weighted by Gasteiger charge is 2.14.